The summed E-state index contributed by atoms with van der Waals surface area (Å²) in [5.41, 5.74) is 1.55. The van der Waals surface area contributed by atoms with Crippen LogP contribution in [0.2, 0.25) is 0 Å². The number of rotatable bonds is 6. The minimum atomic E-state index is -3.14. The number of fused-ring (bicyclic) bond motifs is 5. The van der Waals surface area contributed by atoms with Gasteiger partial charge in [-0.15, -0.1) is 10.2 Å². The minimum absolute atomic E-state index is 0.0520. The van der Waals surface area contributed by atoms with Crippen LogP contribution in [0.25, 0.3) is 22.9 Å². The molecule has 6 rings (SSSR count). The van der Waals surface area contributed by atoms with Crippen molar-refractivity contribution in [2.45, 2.75) is 44.6 Å². The van der Waals surface area contributed by atoms with E-state index in [-0.39, 0.29) is 34.9 Å². The molecule has 0 amide bonds. The van der Waals surface area contributed by atoms with Crippen molar-refractivity contribution in [1.82, 2.24) is 34.9 Å². The molecular formula is C26H25F2N7O2S. The Kier molecular flexibility index (Phi) is 5.46. The van der Waals surface area contributed by atoms with Crippen LogP contribution in [0.1, 0.15) is 49.6 Å². The molecule has 1 unspecified atom stereocenters. The second-order valence-electron chi connectivity index (χ2n) is 10.6. The third-order valence-corrected chi connectivity index (χ3v) is 9.05. The van der Waals surface area contributed by atoms with Crippen LogP contribution in [0.3, 0.4) is 0 Å². The summed E-state index contributed by atoms with van der Waals surface area (Å²) in [5.74, 6) is -0.697. The van der Waals surface area contributed by atoms with Crippen molar-refractivity contribution < 1.29 is 17.2 Å². The van der Waals surface area contributed by atoms with Crippen molar-refractivity contribution in [3.63, 3.8) is 0 Å². The van der Waals surface area contributed by atoms with E-state index >= 15 is 0 Å². The normalized spacial score (nSPS) is 21.6. The lowest BCUT2D eigenvalue weighted by Crippen LogP contribution is -2.38. The van der Waals surface area contributed by atoms with Crippen molar-refractivity contribution in [2.24, 2.45) is 5.41 Å². The van der Waals surface area contributed by atoms with Crippen LogP contribution in [0.5, 0.6) is 0 Å². The van der Waals surface area contributed by atoms with Crippen LogP contribution >= 0.6 is 0 Å². The summed E-state index contributed by atoms with van der Waals surface area (Å²) in [6.07, 6.45) is 5.94. The molecule has 1 aromatic carbocycles. The smallest absolute Gasteiger partial charge is 0.218 e. The predicted molar refractivity (Wildman–Crippen MR) is 135 cm³/mol. The first-order valence-electron chi connectivity index (χ1n) is 12.2. The fraction of sp³-hybridized carbons (Fsp3) is 0.385. The van der Waals surface area contributed by atoms with E-state index in [1.54, 1.807) is 12.3 Å². The van der Waals surface area contributed by atoms with Crippen molar-refractivity contribution in [3.8, 4) is 22.9 Å². The van der Waals surface area contributed by atoms with Crippen LogP contribution in [-0.2, 0) is 21.8 Å². The highest BCUT2D eigenvalue weighted by molar-refractivity contribution is 7.90. The molecule has 4 aromatic rings. The number of benzene rings is 1. The Morgan fingerprint density at radius 2 is 1.84 bits per heavy atom. The summed E-state index contributed by atoms with van der Waals surface area (Å²) in [4.78, 5) is 13.5. The topological polar surface area (TPSA) is 116 Å². The lowest BCUT2D eigenvalue weighted by molar-refractivity contribution is 0.243. The van der Waals surface area contributed by atoms with Gasteiger partial charge in [0.1, 0.15) is 27.8 Å². The van der Waals surface area contributed by atoms with E-state index in [2.05, 4.69) is 39.1 Å². The molecule has 0 N–H and O–H groups in total. The Hall–Kier alpha value is -3.67. The molecule has 0 radical (unpaired) electrons. The third-order valence-electron chi connectivity index (χ3n) is 8.12. The second-order valence-corrected chi connectivity index (χ2v) is 12.8. The molecule has 2 aliphatic rings. The predicted octanol–water partition coefficient (Wildman–Crippen LogP) is 3.72. The van der Waals surface area contributed by atoms with Crippen molar-refractivity contribution in [3.05, 3.63) is 71.4 Å². The number of hydrogen-bond acceptors (Lipinski definition) is 8. The molecule has 0 spiro atoms. The van der Waals surface area contributed by atoms with E-state index in [0.29, 0.717) is 11.6 Å². The molecule has 1 saturated carbocycles. The standard InChI is InChI=1S/C26H25F2N7O2S/c1-25(2)16-7-9-26(25,22-15(16)13-19(32-33-22)21-17(27)5-4-6-18(21)28)20-8-10-29-23(31-20)24-30-14-35(34-24)11-12-38(3,36)37/h4-6,8,10,13-14,16H,7,9,11-12H2,1-3H3/t16-,26?/m0/s1. The van der Waals surface area contributed by atoms with Crippen molar-refractivity contribution >= 4 is 9.84 Å². The molecule has 1 fully saturated rings. The van der Waals surface area contributed by atoms with Gasteiger partial charge in [0, 0.05) is 12.5 Å². The van der Waals surface area contributed by atoms with E-state index in [4.69, 9.17) is 4.98 Å². The van der Waals surface area contributed by atoms with Gasteiger partial charge in [0.15, 0.2) is 5.82 Å². The van der Waals surface area contributed by atoms with Gasteiger partial charge in [0.2, 0.25) is 5.82 Å². The minimum Gasteiger partial charge on any atom is -0.251 e. The van der Waals surface area contributed by atoms with Gasteiger partial charge in [-0.25, -0.2) is 32.2 Å². The zero-order valence-electron chi connectivity index (χ0n) is 21.1. The van der Waals surface area contributed by atoms with Gasteiger partial charge in [-0.2, -0.15) is 5.10 Å². The highest BCUT2D eigenvalue weighted by atomic mass is 32.2. The molecule has 9 nitrogen and oxygen atoms in total. The van der Waals surface area contributed by atoms with Gasteiger partial charge >= 0.3 is 0 Å². The zero-order chi connectivity index (χ0) is 26.9. The Morgan fingerprint density at radius 1 is 1.08 bits per heavy atom. The van der Waals surface area contributed by atoms with E-state index in [9.17, 15) is 17.2 Å². The van der Waals surface area contributed by atoms with Gasteiger partial charge in [0.05, 0.1) is 40.4 Å². The molecule has 3 aromatic heterocycles. The molecule has 2 bridgehead atoms. The van der Waals surface area contributed by atoms with Crippen molar-refractivity contribution in [2.75, 3.05) is 12.0 Å². The maximum Gasteiger partial charge on any atom is 0.218 e. The zero-order valence-corrected chi connectivity index (χ0v) is 21.9. The molecule has 2 aliphatic carbocycles. The fourth-order valence-electron chi connectivity index (χ4n) is 6.23. The van der Waals surface area contributed by atoms with E-state index in [1.165, 1.54) is 35.5 Å². The van der Waals surface area contributed by atoms with Crippen LogP contribution in [0.15, 0.2) is 42.9 Å². The highest BCUT2D eigenvalue weighted by Crippen LogP contribution is 2.69. The van der Waals surface area contributed by atoms with Crippen LogP contribution in [0, 0.1) is 17.0 Å². The van der Waals surface area contributed by atoms with Gasteiger partial charge in [-0.3, -0.25) is 4.68 Å². The largest absolute Gasteiger partial charge is 0.251 e. The number of hydrogen-bond donors (Lipinski definition) is 0. The number of aryl methyl sites for hydroxylation is 1. The van der Waals surface area contributed by atoms with E-state index in [1.807, 2.05) is 6.07 Å². The molecule has 12 heteroatoms. The third kappa shape index (κ3) is 3.64. The summed E-state index contributed by atoms with van der Waals surface area (Å²) in [6, 6.07) is 7.37. The molecule has 0 saturated heterocycles. The summed E-state index contributed by atoms with van der Waals surface area (Å²) >= 11 is 0. The SMILES string of the molecule is CC1(C)[C@H]2CCC1(c1ccnc(-c3ncn(CCS(C)(=O)=O)n3)n1)c1nnc(-c3c(F)cccc3F)cc12. The van der Waals surface area contributed by atoms with Gasteiger partial charge in [-0.05, 0) is 54.0 Å². The van der Waals surface area contributed by atoms with Gasteiger partial charge in [0.25, 0.3) is 0 Å². The number of aromatic nitrogens is 7. The first-order chi connectivity index (χ1) is 18.0. The Balaban J connectivity index is 1.41. The summed E-state index contributed by atoms with van der Waals surface area (Å²) in [6.45, 7) is 4.50. The van der Waals surface area contributed by atoms with E-state index < -0.39 is 26.9 Å². The lowest BCUT2D eigenvalue weighted by atomic mass is 9.66. The number of sulfone groups is 1. The molecule has 0 aliphatic heterocycles. The maximum absolute atomic E-state index is 14.5. The first kappa shape index (κ1) is 24.7. The quantitative estimate of drug-likeness (QED) is 0.365. The Bertz CT molecular complexity index is 1670. The Labute approximate surface area is 218 Å². The summed E-state index contributed by atoms with van der Waals surface area (Å²) in [7, 11) is -3.14. The fourth-order valence-corrected chi connectivity index (χ4v) is 6.74. The Morgan fingerprint density at radius 3 is 2.58 bits per heavy atom. The number of nitrogens with zero attached hydrogens (tertiary/aromatic N) is 7. The monoisotopic (exact) mass is 537 g/mol. The maximum atomic E-state index is 14.5. The average Bonchev–Trinajstić information content (AvgIpc) is 3.50. The van der Waals surface area contributed by atoms with Crippen LogP contribution in [0.4, 0.5) is 8.78 Å². The lowest BCUT2D eigenvalue weighted by Gasteiger charge is -2.37. The molecule has 3 heterocycles. The van der Waals surface area contributed by atoms with Gasteiger partial charge in [-0.1, -0.05) is 19.9 Å². The van der Waals surface area contributed by atoms with E-state index in [0.717, 1.165) is 29.8 Å². The molecule has 2 atom stereocenters. The van der Waals surface area contributed by atoms with Gasteiger partial charge < -0.3 is 0 Å². The second kappa shape index (κ2) is 8.42. The molecule has 196 valence electrons. The average molecular weight is 538 g/mol. The summed E-state index contributed by atoms with van der Waals surface area (Å²) in [5, 5.41) is 13.2. The van der Waals surface area contributed by atoms with Crippen LogP contribution < -0.4 is 0 Å². The molecular weight excluding hydrogens is 512 g/mol. The molecule has 38 heavy (non-hydrogen) atoms. The van der Waals surface area contributed by atoms with Crippen LogP contribution in [-0.4, -0.2) is 55.4 Å². The number of halogens is 2. The summed E-state index contributed by atoms with van der Waals surface area (Å²) < 4.78 is 53.5. The highest BCUT2D eigenvalue weighted by Gasteiger charge is 2.65. The first-order valence-corrected chi connectivity index (χ1v) is 14.3. The van der Waals surface area contributed by atoms with Crippen molar-refractivity contribution in [1.29, 1.82) is 0 Å².